The minimum atomic E-state index is -3.56. The van der Waals surface area contributed by atoms with E-state index in [0.29, 0.717) is 18.7 Å². The number of sulfonamides is 1. The number of rotatable bonds is 3. The Kier molecular flexibility index (Phi) is 5.43. The molecule has 28 heavy (non-hydrogen) atoms. The Morgan fingerprint density at radius 3 is 2.21 bits per heavy atom. The van der Waals surface area contributed by atoms with E-state index < -0.39 is 32.8 Å². The molecule has 2 fully saturated rings. The van der Waals surface area contributed by atoms with Gasteiger partial charge in [-0.25, -0.2) is 17.5 Å². The molecule has 3 rings (SSSR count). The number of benzene rings is 1. The number of nitriles is 1. The van der Waals surface area contributed by atoms with Crippen molar-refractivity contribution in [1.29, 1.82) is 5.26 Å². The summed E-state index contributed by atoms with van der Waals surface area (Å²) in [5.41, 5.74) is 1.30. The van der Waals surface area contributed by atoms with Crippen LogP contribution in [0.3, 0.4) is 0 Å². The number of hydrogen-bond acceptors (Lipinski definition) is 4. The van der Waals surface area contributed by atoms with E-state index in [1.165, 1.54) is 9.21 Å². The molecule has 2 heterocycles. The number of amides is 1. The van der Waals surface area contributed by atoms with Gasteiger partial charge in [-0.3, -0.25) is 0 Å². The average molecular weight is 406 g/mol. The molecular formula is C20H27N3O4S. The summed E-state index contributed by atoms with van der Waals surface area (Å²) in [6, 6.07) is 9.04. The van der Waals surface area contributed by atoms with E-state index in [0.717, 1.165) is 18.4 Å². The first-order valence-corrected chi connectivity index (χ1v) is 11.0. The SMILES string of the molecule is CC(C)(C)C1C(S(=O)(=O)N2CCC(c3ccc(C#N)cc3)CC2)CN1C(=O)O. The molecule has 2 aliphatic rings. The van der Waals surface area contributed by atoms with Crippen LogP contribution in [0.15, 0.2) is 24.3 Å². The molecular weight excluding hydrogens is 378 g/mol. The molecule has 1 amide bonds. The van der Waals surface area contributed by atoms with Crippen molar-refractivity contribution in [2.24, 2.45) is 5.41 Å². The number of hydrogen-bond donors (Lipinski definition) is 1. The molecule has 1 aromatic rings. The minimum Gasteiger partial charge on any atom is -0.465 e. The van der Waals surface area contributed by atoms with Crippen LogP contribution in [0.2, 0.25) is 0 Å². The smallest absolute Gasteiger partial charge is 0.407 e. The maximum atomic E-state index is 13.2. The summed E-state index contributed by atoms with van der Waals surface area (Å²) < 4.78 is 27.9. The Morgan fingerprint density at radius 1 is 1.18 bits per heavy atom. The maximum absolute atomic E-state index is 13.2. The maximum Gasteiger partial charge on any atom is 0.407 e. The van der Waals surface area contributed by atoms with Crippen molar-refractivity contribution < 1.29 is 18.3 Å². The number of likely N-dealkylation sites (tertiary alicyclic amines) is 1. The van der Waals surface area contributed by atoms with Crippen LogP contribution in [0.4, 0.5) is 4.79 Å². The first kappa shape index (κ1) is 20.6. The molecule has 152 valence electrons. The normalized spacial score (nSPS) is 24.4. The Bertz CT molecular complexity index is 876. The lowest BCUT2D eigenvalue weighted by atomic mass is 9.79. The van der Waals surface area contributed by atoms with Gasteiger partial charge in [-0.1, -0.05) is 32.9 Å². The van der Waals surface area contributed by atoms with Crippen LogP contribution in [0, 0.1) is 16.7 Å². The summed E-state index contributed by atoms with van der Waals surface area (Å²) in [5, 5.41) is 17.6. The van der Waals surface area contributed by atoms with Gasteiger partial charge in [-0.05, 0) is 41.9 Å². The summed E-state index contributed by atoms with van der Waals surface area (Å²) in [6.07, 6.45) is 0.382. The van der Waals surface area contributed by atoms with Gasteiger partial charge < -0.3 is 10.0 Å². The topological polar surface area (TPSA) is 102 Å². The van der Waals surface area contributed by atoms with Gasteiger partial charge in [0.25, 0.3) is 0 Å². The summed E-state index contributed by atoms with van der Waals surface area (Å²) in [5.74, 6) is 0.273. The van der Waals surface area contributed by atoms with E-state index in [1.807, 2.05) is 32.9 Å². The van der Waals surface area contributed by atoms with E-state index in [-0.39, 0.29) is 12.5 Å². The standard InChI is InChI=1S/C20H27N3O4S/c1-20(2,3)18-17(13-23(18)19(24)25)28(26,27)22-10-8-16(9-11-22)15-6-4-14(12-21)5-7-15/h4-7,16-18H,8-11,13H2,1-3H3,(H,24,25). The van der Waals surface area contributed by atoms with Crippen LogP contribution in [0.1, 0.15) is 50.7 Å². The van der Waals surface area contributed by atoms with Gasteiger partial charge in [-0.15, -0.1) is 0 Å². The zero-order valence-electron chi connectivity index (χ0n) is 16.5. The molecule has 0 aliphatic carbocycles. The van der Waals surface area contributed by atoms with E-state index in [1.54, 1.807) is 12.1 Å². The fourth-order valence-corrected chi connectivity index (χ4v) is 6.75. The third kappa shape index (κ3) is 3.74. The third-order valence-corrected chi connectivity index (χ3v) is 8.16. The second-order valence-electron chi connectivity index (χ2n) is 8.74. The molecule has 8 heteroatoms. The van der Waals surface area contributed by atoms with Crippen LogP contribution < -0.4 is 0 Å². The Balaban J connectivity index is 1.69. The van der Waals surface area contributed by atoms with Crippen molar-refractivity contribution in [2.75, 3.05) is 19.6 Å². The molecule has 1 N–H and O–H groups in total. The molecule has 1 aromatic carbocycles. The molecule has 0 saturated carbocycles. The van der Waals surface area contributed by atoms with Crippen LogP contribution >= 0.6 is 0 Å². The summed E-state index contributed by atoms with van der Waals surface area (Å²) in [6.45, 7) is 6.56. The number of carbonyl (C=O) groups is 1. The van der Waals surface area contributed by atoms with Crippen LogP contribution in [-0.2, 0) is 10.0 Å². The first-order chi connectivity index (χ1) is 13.1. The average Bonchev–Trinajstić information content (AvgIpc) is 2.59. The van der Waals surface area contributed by atoms with Gasteiger partial charge in [0.15, 0.2) is 0 Å². The molecule has 2 unspecified atom stereocenters. The zero-order chi connectivity index (χ0) is 20.7. The Hall–Kier alpha value is -2.11. The van der Waals surface area contributed by atoms with Crippen molar-refractivity contribution in [3.8, 4) is 6.07 Å². The van der Waals surface area contributed by atoms with Crippen molar-refractivity contribution in [1.82, 2.24) is 9.21 Å². The highest BCUT2D eigenvalue weighted by Crippen LogP contribution is 2.40. The summed E-state index contributed by atoms with van der Waals surface area (Å²) in [4.78, 5) is 12.7. The highest BCUT2D eigenvalue weighted by Gasteiger charge is 2.55. The van der Waals surface area contributed by atoms with Crippen molar-refractivity contribution in [3.05, 3.63) is 35.4 Å². The van der Waals surface area contributed by atoms with Gasteiger partial charge >= 0.3 is 6.09 Å². The Labute approximate surface area is 166 Å². The van der Waals surface area contributed by atoms with Crippen LogP contribution in [0.25, 0.3) is 0 Å². The fourth-order valence-electron chi connectivity index (χ4n) is 4.41. The van der Waals surface area contributed by atoms with Crippen molar-refractivity contribution in [3.63, 3.8) is 0 Å². The molecule has 2 atom stereocenters. The number of nitrogens with zero attached hydrogens (tertiary/aromatic N) is 3. The van der Waals surface area contributed by atoms with Gasteiger partial charge in [0.05, 0.1) is 17.7 Å². The molecule has 0 spiro atoms. The van der Waals surface area contributed by atoms with Crippen molar-refractivity contribution in [2.45, 2.75) is 50.8 Å². The van der Waals surface area contributed by atoms with Gasteiger partial charge in [0.1, 0.15) is 5.25 Å². The quantitative estimate of drug-likeness (QED) is 0.833. The molecule has 0 radical (unpaired) electrons. The second-order valence-corrected chi connectivity index (χ2v) is 10.9. The zero-order valence-corrected chi connectivity index (χ0v) is 17.3. The molecule has 0 bridgehead atoms. The fraction of sp³-hybridized carbons (Fsp3) is 0.600. The monoisotopic (exact) mass is 405 g/mol. The lowest BCUT2D eigenvalue weighted by molar-refractivity contribution is 0.0218. The van der Waals surface area contributed by atoms with Crippen LogP contribution in [0.5, 0.6) is 0 Å². The predicted octanol–water partition coefficient (Wildman–Crippen LogP) is 2.84. The minimum absolute atomic E-state index is 0.0369. The van der Waals surface area contributed by atoms with E-state index in [2.05, 4.69) is 6.07 Å². The van der Waals surface area contributed by atoms with Gasteiger partial charge in [0.2, 0.25) is 10.0 Å². The number of carboxylic acid groups (broad SMARTS) is 1. The summed E-state index contributed by atoms with van der Waals surface area (Å²) >= 11 is 0. The van der Waals surface area contributed by atoms with E-state index in [4.69, 9.17) is 5.26 Å². The first-order valence-electron chi connectivity index (χ1n) is 9.54. The molecule has 2 saturated heterocycles. The van der Waals surface area contributed by atoms with Crippen molar-refractivity contribution >= 4 is 16.1 Å². The lowest BCUT2D eigenvalue weighted by Gasteiger charge is -2.53. The Morgan fingerprint density at radius 2 is 1.75 bits per heavy atom. The predicted molar refractivity (Wildman–Crippen MR) is 105 cm³/mol. The highest BCUT2D eigenvalue weighted by molar-refractivity contribution is 7.89. The second kappa shape index (κ2) is 7.37. The largest absolute Gasteiger partial charge is 0.465 e. The molecule has 0 aromatic heterocycles. The third-order valence-electron chi connectivity index (χ3n) is 5.91. The van der Waals surface area contributed by atoms with Gasteiger partial charge in [0, 0.05) is 19.6 Å². The number of piperidine rings is 1. The molecule has 2 aliphatic heterocycles. The molecule has 7 nitrogen and oxygen atoms in total. The highest BCUT2D eigenvalue weighted by atomic mass is 32.2. The lowest BCUT2D eigenvalue weighted by Crippen LogP contribution is -2.70. The van der Waals surface area contributed by atoms with E-state index in [9.17, 15) is 18.3 Å². The van der Waals surface area contributed by atoms with Crippen LogP contribution in [-0.4, -0.2) is 59.7 Å². The van der Waals surface area contributed by atoms with Gasteiger partial charge in [-0.2, -0.15) is 5.26 Å². The van der Waals surface area contributed by atoms with E-state index >= 15 is 0 Å². The summed E-state index contributed by atoms with van der Waals surface area (Å²) in [7, 11) is -3.56.